The fourth-order valence-electron chi connectivity index (χ4n) is 2.75. The van der Waals surface area contributed by atoms with Crippen LogP contribution in [0.3, 0.4) is 0 Å². The van der Waals surface area contributed by atoms with Crippen LogP contribution in [0.4, 0.5) is 0 Å². The number of fused-ring (bicyclic) bond motifs is 1. The van der Waals surface area contributed by atoms with Crippen LogP contribution in [0.25, 0.3) is 22.2 Å². The maximum atomic E-state index is 11.3. The van der Waals surface area contributed by atoms with Crippen molar-refractivity contribution in [2.24, 2.45) is 0 Å². The Balaban J connectivity index is 2.25. The van der Waals surface area contributed by atoms with Crippen LogP contribution >= 0.6 is 23.2 Å². The van der Waals surface area contributed by atoms with Crippen molar-refractivity contribution in [2.75, 3.05) is 0 Å². The highest BCUT2D eigenvalue weighted by atomic mass is 35.5. The van der Waals surface area contributed by atoms with Crippen LogP contribution in [0.5, 0.6) is 0 Å². The molecule has 23 heavy (non-hydrogen) atoms. The van der Waals surface area contributed by atoms with Crippen molar-refractivity contribution in [1.82, 2.24) is 4.98 Å². The van der Waals surface area contributed by atoms with E-state index in [2.05, 4.69) is 11.9 Å². The normalized spacial score (nSPS) is 11.1. The minimum absolute atomic E-state index is 0.0528. The Morgan fingerprint density at radius 2 is 1.91 bits per heavy atom. The summed E-state index contributed by atoms with van der Waals surface area (Å²) in [5.41, 5.74) is 4.45. The van der Waals surface area contributed by atoms with Gasteiger partial charge in [-0.25, -0.2) is 0 Å². The maximum Gasteiger partial charge on any atom is 0.307 e. The molecule has 2 aromatic carbocycles. The molecule has 1 aromatic heterocycles. The van der Waals surface area contributed by atoms with E-state index in [1.165, 1.54) is 5.56 Å². The molecule has 0 spiro atoms. The zero-order valence-corrected chi connectivity index (χ0v) is 14.0. The molecule has 1 heterocycles. The summed E-state index contributed by atoms with van der Waals surface area (Å²) in [7, 11) is 0. The van der Waals surface area contributed by atoms with Gasteiger partial charge in [0.05, 0.1) is 22.2 Å². The quantitative estimate of drug-likeness (QED) is 0.669. The molecule has 0 aliphatic rings. The van der Waals surface area contributed by atoms with Gasteiger partial charge >= 0.3 is 5.97 Å². The van der Waals surface area contributed by atoms with Gasteiger partial charge in [-0.1, -0.05) is 42.3 Å². The van der Waals surface area contributed by atoms with Gasteiger partial charge in [0.15, 0.2) is 0 Å². The number of aromatic amines is 1. The summed E-state index contributed by atoms with van der Waals surface area (Å²) in [4.78, 5) is 14.6. The molecule has 3 nitrogen and oxygen atoms in total. The van der Waals surface area contributed by atoms with E-state index in [1.807, 2.05) is 24.3 Å². The zero-order chi connectivity index (χ0) is 16.6. The molecule has 0 fully saturated rings. The van der Waals surface area contributed by atoms with Gasteiger partial charge in [0.25, 0.3) is 0 Å². The Labute approximate surface area is 143 Å². The number of carboxylic acid groups (broad SMARTS) is 1. The van der Waals surface area contributed by atoms with Crippen molar-refractivity contribution >= 4 is 40.1 Å². The first-order valence-electron chi connectivity index (χ1n) is 7.30. The lowest BCUT2D eigenvalue weighted by Crippen LogP contribution is -2.01. The Morgan fingerprint density at radius 3 is 2.57 bits per heavy atom. The molecule has 0 saturated heterocycles. The van der Waals surface area contributed by atoms with E-state index in [4.69, 9.17) is 23.2 Å². The number of halogens is 2. The number of carboxylic acids is 1. The van der Waals surface area contributed by atoms with E-state index in [0.29, 0.717) is 10.0 Å². The second-order valence-electron chi connectivity index (χ2n) is 5.41. The van der Waals surface area contributed by atoms with Crippen LogP contribution in [0, 0.1) is 0 Å². The smallest absolute Gasteiger partial charge is 0.307 e. The maximum absolute atomic E-state index is 11.3. The Bertz CT molecular complexity index is 899. The van der Waals surface area contributed by atoms with Crippen LogP contribution < -0.4 is 0 Å². The summed E-state index contributed by atoms with van der Waals surface area (Å²) in [6.45, 7) is 2.07. The summed E-state index contributed by atoms with van der Waals surface area (Å²) in [6, 6.07) is 11.4. The minimum Gasteiger partial charge on any atom is -0.481 e. The third kappa shape index (κ3) is 3.07. The molecule has 118 valence electrons. The van der Waals surface area contributed by atoms with E-state index < -0.39 is 5.97 Å². The number of aryl methyl sites for hydroxylation is 1. The molecule has 0 aliphatic heterocycles. The predicted molar refractivity (Wildman–Crippen MR) is 94.5 cm³/mol. The summed E-state index contributed by atoms with van der Waals surface area (Å²) in [5, 5.41) is 11.1. The van der Waals surface area contributed by atoms with Crippen LogP contribution in [0.15, 0.2) is 36.4 Å². The van der Waals surface area contributed by atoms with Crippen LogP contribution in [0.2, 0.25) is 10.0 Å². The molecule has 0 atom stereocenters. The number of carbonyl (C=O) groups is 1. The molecule has 3 aromatic rings. The molecule has 0 aliphatic carbocycles. The van der Waals surface area contributed by atoms with Crippen molar-refractivity contribution in [3.8, 4) is 11.3 Å². The average molecular weight is 348 g/mol. The van der Waals surface area contributed by atoms with Crippen molar-refractivity contribution in [1.29, 1.82) is 0 Å². The number of hydrogen-bond acceptors (Lipinski definition) is 1. The summed E-state index contributed by atoms with van der Waals surface area (Å²) >= 11 is 12.1. The van der Waals surface area contributed by atoms with Gasteiger partial charge < -0.3 is 10.1 Å². The van der Waals surface area contributed by atoms with Crippen LogP contribution in [0.1, 0.15) is 18.1 Å². The number of nitrogens with one attached hydrogen (secondary N) is 1. The molecule has 0 saturated carbocycles. The van der Waals surface area contributed by atoms with Gasteiger partial charge in [-0.2, -0.15) is 0 Å². The summed E-state index contributed by atoms with van der Waals surface area (Å²) in [6.07, 6.45) is 0.846. The number of benzene rings is 2. The lowest BCUT2D eigenvalue weighted by atomic mass is 10.0. The highest BCUT2D eigenvalue weighted by Crippen LogP contribution is 2.34. The molecule has 0 unspecified atom stereocenters. The first kappa shape index (κ1) is 15.9. The van der Waals surface area contributed by atoms with Crippen LogP contribution in [-0.4, -0.2) is 16.1 Å². The molecule has 0 bridgehead atoms. The molecule has 3 rings (SSSR count). The lowest BCUT2D eigenvalue weighted by molar-refractivity contribution is -0.136. The lowest BCUT2D eigenvalue weighted by Gasteiger charge is -2.05. The van der Waals surface area contributed by atoms with Crippen molar-refractivity contribution < 1.29 is 9.90 Å². The first-order valence-corrected chi connectivity index (χ1v) is 8.06. The molecular formula is C18H15Cl2NO2. The van der Waals surface area contributed by atoms with Gasteiger partial charge in [-0.3, -0.25) is 4.79 Å². The first-order chi connectivity index (χ1) is 11.0. The van der Waals surface area contributed by atoms with Crippen molar-refractivity contribution in [2.45, 2.75) is 19.8 Å². The van der Waals surface area contributed by atoms with Gasteiger partial charge in [0.1, 0.15) is 0 Å². The summed E-state index contributed by atoms with van der Waals surface area (Å²) in [5.74, 6) is -0.867. The van der Waals surface area contributed by atoms with Gasteiger partial charge in [0, 0.05) is 10.9 Å². The predicted octanol–water partition coefficient (Wildman–Crippen LogP) is 5.33. The highest BCUT2D eigenvalue weighted by molar-refractivity contribution is 6.42. The molecule has 5 heteroatoms. The Kier molecular flexibility index (Phi) is 4.33. The average Bonchev–Trinajstić information content (AvgIpc) is 2.87. The van der Waals surface area contributed by atoms with E-state index in [0.717, 1.165) is 34.1 Å². The third-order valence-electron chi connectivity index (χ3n) is 3.92. The van der Waals surface area contributed by atoms with Gasteiger partial charge in [-0.15, -0.1) is 0 Å². The second kappa shape index (κ2) is 6.26. The fourth-order valence-corrected chi connectivity index (χ4v) is 3.05. The fraction of sp³-hybridized carbons (Fsp3) is 0.167. The Hall–Kier alpha value is -1.97. The molecular weight excluding hydrogens is 333 g/mol. The topological polar surface area (TPSA) is 53.1 Å². The van der Waals surface area contributed by atoms with Gasteiger partial charge in [0.2, 0.25) is 0 Å². The number of aromatic nitrogens is 1. The van der Waals surface area contributed by atoms with Crippen molar-refractivity contribution in [3.63, 3.8) is 0 Å². The zero-order valence-electron chi connectivity index (χ0n) is 12.5. The van der Waals surface area contributed by atoms with E-state index >= 15 is 0 Å². The number of rotatable bonds is 4. The van der Waals surface area contributed by atoms with Crippen LogP contribution in [-0.2, 0) is 17.6 Å². The number of H-pyrrole nitrogens is 1. The van der Waals surface area contributed by atoms with E-state index in [1.54, 1.807) is 12.1 Å². The molecule has 0 radical (unpaired) electrons. The SMILES string of the molecule is CCc1ccc2[nH]c(-c3ccc(Cl)c(Cl)c3)c(CC(=O)O)c2c1. The van der Waals surface area contributed by atoms with E-state index in [-0.39, 0.29) is 6.42 Å². The second-order valence-corrected chi connectivity index (χ2v) is 6.23. The highest BCUT2D eigenvalue weighted by Gasteiger charge is 2.17. The summed E-state index contributed by atoms with van der Waals surface area (Å²) < 4.78 is 0. The monoisotopic (exact) mass is 347 g/mol. The van der Waals surface area contributed by atoms with Crippen molar-refractivity contribution in [3.05, 3.63) is 57.6 Å². The number of hydrogen-bond donors (Lipinski definition) is 2. The number of aliphatic carboxylic acids is 1. The third-order valence-corrected chi connectivity index (χ3v) is 4.65. The molecule has 2 N–H and O–H groups in total. The molecule has 0 amide bonds. The standard InChI is InChI=1S/C18H15Cl2NO2/c1-2-10-3-6-16-12(7-10)13(9-17(22)23)18(21-16)11-4-5-14(19)15(20)8-11/h3-8,21H,2,9H2,1H3,(H,22,23). The van der Waals surface area contributed by atoms with Gasteiger partial charge in [-0.05, 0) is 47.4 Å². The Morgan fingerprint density at radius 1 is 1.13 bits per heavy atom. The largest absolute Gasteiger partial charge is 0.481 e. The minimum atomic E-state index is -0.867. The van der Waals surface area contributed by atoms with E-state index in [9.17, 15) is 9.90 Å².